The highest BCUT2D eigenvalue weighted by atomic mass is 16.5. The number of amides is 1. The molecule has 2 bridgehead atoms. The Hall–Kier alpha value is -2.08. The number of piperidine rings is 1. The van der Waals surface area contributed by atoms with E-state index in [1.807, 2.05) is 17.0 Å². The van der Waals surface area contributed by atoms with Crippen LogP contribution in [0.3, 0.4) is 0 Å². The van der Waals surface area contributed by atoms with Gasteiger partial charge in [0.15, 0.2) is 0 Å². The van der Waals surface area contributed by atoms with Crippen LogP contribution in [0.5, 0.6) is 5.75 Å². The second kappa shape index (κ2) is 5.09. The number of fused-ring (bicyclic) bond motifs is 3. The maximum atomic E-state index is 13.6. The molecule has 5 fully saturated rings. The molecular weight excluding hydrogens is 356 g/mol. The Labute approximate surface area is 164 Å². The number of hydrogen-bond acceptors (Lipinski definition) is 5. The molecule has 0 radical (unpaired) electrons. The minimum atomic E-state index is -0.510. The van der Waals surface area contributed by atoms with Crippen molar-refractivity contribution < 1.29 is 19.1 Å². The zero-order chi connectivity index (χ0) is 19.3. The molecule has 3 aliphatic heterocycles. The average molecular weight is 382 g/mol. The van der Waals surface area contributed by atoms with Crippen molar-refractivity contribution in [3.8, 4) is 5.75 Å². The molecule has 3 aliphatic carbocycles. The molecule has 0 N–H and O–H groups in total. The molecule has 0 aromatic heterocycles. The number of methoxy groups -OCH3 is 2. The Bertz CT molecular complexity index is 916. The van der Waals surface area contributed by atoms with Gasteiger partial charge in [-0.2, -0.15) is 0 Å². The lowest BCUT2D eigenvalue weighted by Crippen LogP contribution is -2.78. The summed E-state index contributed by atoms with van der Waals surface area (Å²) in [5, 5.41) is 0. The highest BCUT2D eigenvalue weighted by molar-refractivity contribution is 6.00. The zero-order valence-corrected chi connectivity index (χ0v) is 16.5. The van der Waals surface area contributed by atoms with Crippen LogP contribution >= 0.6 is 0 Å². The molecule has 148 valence electrons. The molecule has 3 heterocycles. The summed E-state index contributed by atoms with van der Waals surface area (Å²) in [5.41, 5.74) is 1.12. The molecule has 6 nitrogen and oxygen atoms in total. The number of hydrogen-bond donors (Lipinski definition) is 0. The van der Waals surface area contributed by atoms with Crippen LogP contribution in [0.4, 0.5) is 10.5 Å². The van der Waals surface area contributed by atoms with Crippen LogP contribution in [0.1, 0.15) is 44.1 Å². The van der Waals surface area contributed by atoms with Gasteiger partial charge in [0.2, 0.25) is 0 Å². The molecule has 1 aromatic carbocycles. The van der Waals surface area contributed by atoms with Crippen LogP contribution in [0.25, 0.3) is 0 Å². The number of ether oxygens (including phenoxy) is 2. The number of rotatable bonds is 1. The van der Waals surface area contributed by atoms with Crippen LogP contribution in [0.15, 0.2) is 18.2 Å². The van der Waals surface area contributed by atoms with E-state index in [4.69, 9.17) is 9.47 Å². The molecule has 4 unspecified atom stereocenters. The first kappa shape index (κ1) is 16.8. The van der Waals surface area contributed by atoms with Crippen molar-refractivity contribution in [2.45, 2.75) is 55.5 Å². The predicted molar refractivity (Wildman–Crippen MR) is 103 cm³/mol. The van der Waals surface area contributed by atoms with Crippen LogP contribution < -0.4 is 9.64 Å². The SMILES string of the molecule is COC(=O)N1c2ccc(OC)cc2C23CCN4CCCC5(CCC12CC5=O)C43. The summed E-state index contributed by atoms with van der Waals surface area (Å²) in [6.07, 6.45) is 4.92. The van der Waals surface area contributed by atoms with E-state index >= 15 is 0 Å². The van der Waals surface area contributed by atoms with Gasteiger partial charge in [0.1, 0.15) is 11.5 Å². The molecular formula is C22H26N2O4. The fraction of sp³-hybridized carbons (Fsp3) is 0.636. The Morgan fingerprint density at radius 1 is 1.14 bits per heavy atom. The maximum Gasteiger partial charge on any atom is 0.414 e. The van der Waals surface area contributed by atoms with Crippen molar-refractivity contribution >= 4 is 17.6 Å². The predicted octanol–water partition coefficient (Wildman–Crippen LogP) is 2.88. The molecule has 6 aliphatic rings. The van der Waals surface area contributed by atoms with E-state index in [-0.39, 0.29) is 23.0 Å². The number of carbonyl (C=O) groups excluding carboxylic acids is 2. The highest BCUT2D eigenvalue weighted by Gasteiger charge is 2.80. The van der Waals surface area contributed by atoms with E-state index in [0.29, 0.717) is 12.2 Å². The Balaban J connectivity index is 1.68. The Kier molecular flexibility index (Phi) is 3.06. The van der Waals surface area contributed by atoms with Gasteiger partial charge in [0.25, 0.3) is 0 Å². The van der Waals surface area contributed by atoms with Crippen LogP contribution in [0, 0.1) is 5.41 Å². The third kappa shape index (κ3) is 1.52. The lowest BCUT2D eigenvalue weighted by molar-refractivity contribution is -0.159. The van der Waals surface area contributed by atoms with Crippen LogP contribution in [-0.4, -0.2) is 55.7 Å². The van der Waals surface area contributed by atoms with Crippen molar-refractivity contribution in [1.29, 1.82) is 0 Å². The number of anilines is 1. The molecule has 6 heteroatoms. The van der Waals surface area contributed by atoms with Crippen molar-refractivity contribution in [1.82, 2.24) is 4.90 Å². The van der Waals surface area contributed by atoms with Gasteiger partial charge in [-0.3, -0.25) is 14.6 Å². The van der Waals surface area contributed by atoms with Gasteiger partial charge in [-0.05, 0) is 69.0 Å². The molecule has 7 rings (SSSR count). The summed E-state index contributed by atoms with van der Waals surface area (Å²) in [6.45, 7) is 2.04. The third-order valence-electron chi connectivity index (χ3n) is 8.75. The monoisotopic (exact) mass is 382 g/mol. The second-order valence-electron chi connectivity index (χ2n) is 9.24. The van der Waals surface area contributed by atoms with Gasteiger partial charge in [-0.1, -0.05) is 0 Å². The normalized spacial score (nSPS) is 40.1. The van der Waals surface area contributed by atoms with Crippen molar-refractivity contribution in [3.63, 3.8) is 0 Å². The number of benzene rings is 1. The van der Waals surface area contributed by atoms with Crippen LogP contribution in [0.2, 0.25) is 0 Å². The quantitative estimate of drug-likeness (QED) is 0.748. The second-order valence-corrected chi connectivity index (χ2v) is 9.24. The van der Waals surface area contributed by atoms with Crippen molar-refractivity contribution in [2.24, 2.45) is 5.41 Å². The smallest absolute Gasteiger partial charge is 0.414 e. The minimum Gasteiger partial charge on any atom is -0.497 e. The molecule has 28 heavy (non-hydrogen) atoms. The van der Waals surface area contributed by atoms with E-state index in [9.17, 15) is 9.59 Å². The number of ketones is 1. The summed E-state index contributed by atoms with van der Waals surface area (Å²) in [7, 11) is 3.12. The first-order chi connectivity index (χ1) is 13.5. The Morgan fingerprint density at radius 3 is 2.75 bits per heavy atom. The molecule has 3 spiro atoms. The minimum absolute atomic E-state index is 0.185. The van der Waals surface area contributed by atoms with Crippen LogP contribution in [-0.2, 0) is 14.9 Å². The fourth-order valence-electron chi connectivity index (χ4n) is 7.93. The van der Waals surface area contributed by atoms with E-state index in [0.717, 1.165) is 56.6 Å². The lowest BCUT2D eigenvalue weighted by atomic mass is 9.41. The number of carbonyl (C=O) groups is 2. The average Bonchev–Trinajstić information content (AvgIpc) is 3.23. The summed E-state index contributed by atoms with van der Waals surface area (Å²) >= 11 is 0. The van der Waals surface area contributed by atoms with Gasteiger partial charge in [0.05, 0.1) is 25.4 Å². The largest absolute Gasteiger partial charge is 0.497 e. The highest BCUT2D eigenvalue weighted by Crippen LogP contribution is 2.73. The standard InChI is InChI=1S/C22H26N2O4/c1-27-14-4-5-16-15(12-14)22-9-11-23-10-3-6-20(18(22)23)7-8-21(22,13-17(20)25)24(16)19(26)28-2/h4-5,12,18H,3,6-11,13H2,1-2H3. The van der Waals surface area contributed by atoms with E-state index < -0.39 is 5.54 Å². The van der Waals surface area contributed by atoms with Gasteiger partial charge in [-0.25, -0.2) is 4.79 Å². The first-order valence-corrected chi connectivity index (χ1v) is 10.4. The molecule has 4 atom stereocenters. The van der Waals surface area contributed by atoms with E-state index in [1.165, 1.54) is 12.7 Å². The topological polar surface area (TPSA) is 59.1 Å². The summed E-state index contributed by atoms with van der Waals surface area (Å²) < 4.78 is 10.8. The molecule has 2 saturated heterocycles. The maximum absolute atomic E-state index is 13.6. The summed E-state index contributed by atoms with van der Waals surface area (Å²) in [4.78, 5) is 31.0. The fourth-order valence-corrected chi connectivity index (χ4v) is 7.93. The van der Waals surface area contributed by atoms with E-state index in [2.05, 4.69) is 11.0 Å². The van der Waals surface area contributed by atoms with E-state index in [1.54, 1.807) is 7.11 Å². The van der Waals surface area contributed by atoms with Crippen molar-refractivity contribution in [3.05, 3.63) is 23.8 Å². The summed E-state index contributed by atoms with van der Waals surface area (Å²) in [5.74, 6) is 1.17. The first-order valence-electron chi connectivity index (χ1n) is 10.4. The van der Waals surface area contributed by atoms with Gasteiger partial charge in [0, 0.05) is 23.3 Å². The van der Waals surface area contributed by atoms with Gasteiger partial charge >= 0.3 is 6.09 Å². The molecule has 1 aromatic rings. The van der Waals surface area contributed by atoms with Gasteiger partial charge in [-0.15, -0.1) is 0 Å². The third-order valence-corrected chi connectivity index (χ3v) is 8.75. The Morgan fingerprint density at radius 2 is 2.00 bits per heavy atom. The molecule has 1 amide bonds. The zero-order valence-electron chi connectivity index (χ0n) is 16.5. The number of nitrogens with zero attached hydrogens (tertiary/aromatic N) is 2. The molecule has 3 saturated carbocycles. The van der Waals surface area contributed by atoms with Crippen molar-refractivity contribution in [2.75, 3.05) is 32.2 Å². The lowest BCUT2D eigenvalue weighted by Gasteiger charge is -2.66. The summed E-state index contributed by atoms with van der Waals surface area (Å²) in [6, 6.07) is 6.21. The number of Topliss-reactive ketones (excluding diaryl/α,β-unsaturated/α-hetero) is 1. The van der Waals surface area contributed by atoms with Gasteiger partial charge < -0.3 is 9.47 Å².